The lowest BCUT2D eigenvalue weighted by Gasteiger charge is -1.96. The summed E-state index contributed by atoms with van der Waals surface area (Å²) in [7, 11) is -3.93. The van der Waals surface area contributed by atoms with Crippen molar-refractivity contribution in [1.82, 2.24) is 0 Å². The van der Waals surface area contributed by atoms with E-state index in [1.807, 2.05) is 12.8 Å². The second kappa shape index (κ2) is 7.26. The summed E-state index contributed by atoms with van der Waals surface area (Å²) in [4.78, 5) is 10.8. The van der Waals surface area contributed by atoms with E-state index in [-0.39, 0.29) is 13.2 Å². The molecule has 86 valence electrons. The first-order valence-electron chi connectivity index (χ1n) is 4.60. The largest absolute Gasteiger partial charge is 0.456 e. The third kappa shape index (κ3) is 7.97. The number of ether oxygens (including phenoxy) is 1. The van der Waals surface area contributed by atoms with Gasteiger partial charge in [-0.3, -0.25) is 4.18 Å². The predicted molar refractivity (Wildman–Crippen MR) is 54.2 cm³/mol. The van der Waals surface area contributed by atoms with Gasteiger partial charge in [0.25, 0.3) is 0 Å². The molecule has 0 spiro atoms. The van der Waals surface area contributed by atoms with Crippen molar-refractivity contribution in [3.8, 4) is 11.2 Å². The normalized spacial score (nSPS) is 10.3. The van der Waals surface area contributed by atoms with Gasteiger partial charge in [0, 0.05) is 5.92 Å². The molecule has 15 heavy (non-hydrogen) atoms. The summed E-state index contributed by atoms with van der Waals surface area (Å²) in [5.41, 5.74) is 0. The molecule has 0 unspecified atom stereocenters. The summed E-state index contributed by atoms with van der Waals surface area (Å²) in [6.07, 6.45) is 1.22. The van der Waals surface area contributed by atoms with Crippen LogP contribution in [0.25, 0.3) is 0 Å². The Morgan fingerprint density at radius 1 is 1.20 bits per heavy atom. The van der Waals surface area contributed by atoms with Crippen molar-refractivity contribution in [2.75, 3.05) is 13.2 Å². The number of hydrogen-bond acceptors (Lipinski definition) is 5. The highest BCUT2D eigenvalue weighted by Crippen LogP contribution is 1.92. The van der Waals surface area contributed by atoms with Gasteiger partial charge in [-0.15, -0.1) is 0 Å². The number of rotatable bonds is 5. The fourth-order valence-corrected chi connectivity index (χ4v) is 1.21. The van der Waals surface area contributed by atoms with Crippen molar-refractivity contribution in [1.29, 1.82) is 0 Å². The average Bonchev–Trinajstić information content (AvgIpc) is 2.21. The Kier molecular flexibility index (Phi) is 6.75. The Labute approximate surface area is 89.9 Å². The van der Waals surface area contributed by atoms with E-state index < -0.39 is 16.1 Å². The topological polar surface area (TPSA) is 69.7 Å². The van der Waals surface area contributed by atoms with Crippen LogP contribution in [0.2, 0.25) is 0 Å². The summed E-state index contributed by atoms with van der Waals surface area (Å²) in [6, 6.07) is 0. The highest BCUT2D eigenvalue weighted by Gasteiger charge is 2.06. The molecular weight excluding hydrogens is 220 g/mol. The number of carbonyl (C=O) groups excluding carboxylic acids is 1. The molecule has 0 bridgehead atoms. The monoisotopic (exact) mass is 234 g/mol. The van der Waals surface area contributed by atoms with Crippen LogP contribution in [0.4, 0.5) is 0 Å². The van der Waals surface area contributed by atoms with Gasteiger partial charge in [-0.1, -0.05) is 13.8 Å². The minimum Gasteiger partial charge on any atom is -0.456 e. The van der Waals surface area contributed by atoms with E-state index in [2.05, 4.69) is 8.92 Å². The minimum absolute atomic E-state index is 0.0566. The van der Waals surface area contributed by atoms with Crippen LogP contribution in [-0.2, 0) is 23.8 Å². The van der Waals surface area contributed by atoms with Crippen molar-refractivity contribution in [3.05, 3.63) is 0 Å². The van der Waals surface area contributed by atoms with Gasteiger partial charge >= 0.3 is 16.1 Å². The molecule has 0 aliphatic carbocycles. The molecule has 0 aliphatic rings. The smallest absolute Gasteiger partial charge is 0.385 e. The fourth-order valence-electron chi connectivity index (χ4n) is 0.558. The molecule has 0 saturated carbocycles. The van der Waals surface area contributed by atoms with Crippen LogP contribution >= 0.6 is 0 Å². The van der Waals surface area contributed by atoms with Gasteiger partial charge in [0.15, 0.2) is 0 Å². The van der Waals surface area contributed by atoms with Gasteiger partial charge < -0.3 is 4.74 Å². The molecule has 0 aromatic rings. The number of esters is 1. The zero-order chi connectivity index (χ0) is 11.7. The maximum absolute atomic E-state index is 11.0. The van der Waals surface area contributed by atoms with Gasteiger partial charge in [0.05, 0.1) is 18.5 Å². The SMILES string of the molecule is CCCOC(=O)C#CS(=O)(=O)OCCC. The summed E-state index contributed by atoms with van der Waals surface area (Å²) in [5, 5.41) is 1.73. The second-order valence-corrected chi connectivity index (χ2v) is 3.99. The second-order valence-electron chi connectivity index (χ2n) is 2.64. The summed E-state index contributed by atoms with van der Waals surface area (Å²) < 4.78 is 30.9. The molecule has 0 atom stereocenters. The van der Waals surface area contributed by atoms with E-state index in [1.165, 1.54) is 0 Å². The molecule has 0 aromatic heterocycles. The molecule has 0 N–H and O–H groups in total. The van der Waals surface area contributed by atoms with Crippen molar-refractivity contribution in [2.24, 2.45) is 0 Å². The standard InChI is InChI=1S/C9H14O5S/c1-3-6-13-9(10)5-8-15(11,12)14-7-4-2/h3-4,6-7H2,1-2H3. The van der Waals surface area contributed by atoms with E-state index in [4.69, 9.17) is 0 Å². The fraction of sp³-hybridized carbons (Fsp3) is 0.667. The summed E-state index contributed by atoms with van der Waals surface area (Å²) >= 11 is 0. The molecule has 0 fully saturated rings. The Bertz CT molecular complexity index is 346. The first-order chi connectivity index (χ1) is 7.02. The molecule has 0 aromatic carbocycles. The number of carbonyl (C=O) groups is 1. The summed E-state index contributed by atoms with van der Waals surface area (Å²) in [5.74, 6) is 0.982. The van der Waals surface area contributed by atoms with Crippen LogP contribution in [0.15, 0.2) is 0 Å². The third-order valence-corrected chi connectivity index (χ3v) is 1.99. The lowest BCUT2D eigenvalue weighted by molar-refractivity contribution is -0.136. The van der Waals surface area contributed by atoms with E-state index >= 15 is 0 Å². The highest BCUT2D eigenvalue weighted by atomic mass is 32.2. The highest BCUT2D eigenvalue weighted by molar-refractivity contribution is 7.91. The maximum atomic E-state index is 11.0. The molecule has 0 aliphatic heterocycles. The van der Waals surface area contributed by atoms with E-state index in [0.29, 0.717) is 12.8 Å². The predicted octanol–water partition coefficient (Wildman–Crippen LogP) is 0.657. The van der Waals surface area contributed by atoms with Gasteiger partial charge in [-0.05, 0) is 12.8 Å². The van der Waals surface area contributed by atoms with Crippen LogP contribution in [-0.4, -0.2) is 27.6 Å². The van der Waals surface area contributed by atoms with Crippen molar-refractivity contribution >= 4 is 16.1 Å². The molecule has 0 amide bonds. The first kappa shape index (κ1) is 13.9. The van der Waals surface area contributed by atoms with Gasteiger partial charge in [-0.25, -0.2) is 4.79 Å². The first-order valence-corrected chi connectivity index (χ1v) is 6.01. The Balaban J connectivity index is 4.19. The van der Waals surface area contributed by atoms with E-state index in [9.17, 15) is 13.2 Å². The minimum atomic E-state index is -3.93. The Hall–Kier alpha value is -1.06. The Morgan fingerprint density at radius 2 is 1.80 bits per heavy atom. The van der Waals surface area contributed by atoms with Crippen LogP contribution in [0.5, 0.6) is 0 Å². The van der Waals surface area contributed by atoms with Crippen LogP contribution < -0.4 is 0 Å². The zero-order valence-electron chi connectivity index (χ0n) is 8.78. The third-order valence-electron chi connectivity index (χ3n) is 1.16. The molecule has 0 saturated heterocycles. The average molecular weight is 234 g/mol. The molecular formula is C9H14O5S. The van der Waals surface area contributed by atoms with Crippen LogP contribution in [0, 0.1) is 11.2 Å². The maximum Gasteiger partial charge on any atom is 0.385 e. The quantitative estimate of drug-likeness (QED) is 0.397. The van der Waals surface area contributed by atoms with Crippen molar-refractivity contribution < 1.29 is 22.1 Å². The van der Waals surface area contributed by atoms with Crippen molar-refractivity contribution in [3.63, 3.8) is 0 Å². The van der Waals surface area contributed by atoms with Gasteiger partial charge in [-0.2, -0.15) is 8.42 Å². The summed E-state index contributed by atoms with van der Waals surface area (Å²) in [6.45, 7) is 3.87. The molecule has 0 radical (unpaired) electrons. The van der Waals surface area contributed by atoms with Crippen LogP contribution in [0.1, 0.15) is 26.7 Å². The molecule has 0 heterocycles. The number of hydrogen-bond donors (Lipinski definition) is 0. The molecule has 6 heteroatoms. The van der Waals surface area contributed by atoms with E-state index in [0.717, 1.165) is 0 Å². The zero-order valence-corrected chi connectivity index (χ0v) is 9.59. The van der Waals surface area contributed by atoms with E-state index in [1.54, 1.807) is 12.2 Å². The lowest BCUT2D eigenvalue weighted by atomic mass is 10.5. The molecule has 5 nitrogen and oxygen atoms in total. The van der Waals surface area contributed by atoms with Crippen molar-refractivity contribution in [2.45, 2.75) is 26.7 Å². The van der Waals surface area contributed by atoms with Gasteiger partial charge in [0.2, 0.25) is 0 Å². The molecule has 0 rings (SSSR count). The Morgan fingerprint density at radius 3 is 2.33 bits per heavy atom. The van der Waals surface area contributed by atoms with Crippen LogP contribution in [0.3, 0.4) is 0 Å². The lowest BCUT2D eigenvalue weighted by Crippen LogP contribution is -2.06. The van der Waals surface area contributed by atoms with Gasteiger partial charge in [0.1, 0.15) is 0 Å².